The third-order valence-corrected chi connectivity index (χ3v) is 5.54. The SMILES string of the molecule is Cc1nn2c(nnc3c(=O)n([C@@H](Cc4ccccc4)C(=O)O)ccc32)c1-c1ccccc1. The van der Waals surface area contributed by atoms with E-state index < -0.39 is 17.6 Å². The zero-order chi connectivity index (χ0) is 22.2. The van der Waals surface area contributed by atoms with Crippen LogP contribution < -0.4 is 5.56 Å². The van der Waals surface area contributed by atoms with E-state index in [4.69, 9.17) is 0 Å². The Morgan fingerprint density at radius 2 is 1.69 bits per heavy atom. The monoisotopic (exact) mass is 425 g/mol. The third-order valence-electron chi connectivity index (χ3n) is 5.54. The molecule has 0 saturated carbocycles. The van der Waals surface area contributed by atoms with Crippen LogP contribution in [0, 0.1) is 6.92 Å². The predicted molar refractivity (Wildman–Crippen MR) is 120 cm³/mol. The van der Waals surface area contributed by atoms with Crippen molar-refractivity contribution in [2.45, 2.75) is 19.4 Å². The lowest BCUT2D eigenvalue weighted by atomic mass is 10.1. The van der Waals surface area contributed by atoms with Gasteiger partial charge in [0.2, 0.25) is 0 Å². The van der Waals surface area contributed by atoms with Crippen LogP contribution in [0.4, 0.5) is 0 Å². The van der Waals surface area contributed by atoms with Crippen LogP contribution in [-0.2, 0) is 11.2 Å². The summed E-state index contributed by atoms with van der Waals surface area (Å²) in [4.78, 5) is 25.2. The highest BCUT2D eigenvalue weighted by molar-refractivity contribution is 5.84. The third kappa shape index (κ3) is 3.22. The number of aryl methyl sites for hydroxylation is 1. The van der Waals surface area contributed by atoms with E-state index in [1.165, 1.54) is 10.8 Å². The van der Waals surface area contributed by atoms with Crippen molar-refractivity contribution in [2.24, 2.45) is 0 Å². The number of hydrogen-bond acceptors (Lipinski definition) is 5. The standard InChI is InChI=1S/C24H19N5O3/c1-15-20(17-10-6-3-7-11-17)22-26-25-21-18(29(22)27-15)12-13-28(23(21)30)19(24(31)32)14-16-8-4-2-5-9-16/h2-13,19H,14H2,1H3,(H,31,32)/t19-/m0/s1. The molecule has 0 aliphatic rings. The highest BCUT2D eigenvalue weighted by Crippen LogP contribution is 2.28. The van der Waals surface area contributed by atoms with Crippen molar-refractivity contribution in [1.82, 2.24) is 24.4 Å². The normalized spacial score (nSPS) is 12.3. The minimum atomic E-state index is -1.09. The van der Waals surface area contributed by atoms with Crippen LogP contribution >= 0.6 is 0 Å². The van der Waals surface area contributed by atoms with Gasteiger partial charge >= 0.3 is 5.97 Å². The van der Waals surface area contributed by atoms with Crippen LogP contribution in [0.1, 0.15) is 17.3 Å². The van der Waals surface area contributed by atoms with Crippen LogP contribution in [0.5, 0.6) is 0 Å². The van der Waals surface area contributed by atoms with E-state index in [2.05, 4.69) is 15.3 Å². The Bertz CT molecular complexity index is 1510. The molecule has 5 rings (SSSR count). The van der Waals surface area contributed by atoms with Gasteiger partial charge in [-0.3, -0.25) is 9.36 Å². The maximum absolute atomic E-state index is 13.2. The molecule has 1 atom stereocenters. The fraction of sp³-hybridized carbons (Fsp3) is 0.125. The number of aromatic nitrogens is 5. The summed E-state index contributed by atoms with van der Waals surface area (Å²) in [5.74, 6) is -1.09. The molecule has 1 N–H and O–H groups in total. The van der Waals surface area contributed by atoms with Gasteiger partial charge in [0.15, 0.2) is 11.2 Å². The van der Waals surface area contributed by atoms with E-state index in [1.54, 1.807) is 10.6 Å². The van der Waals surface area contributed by atoms with Gasteiger partial charge in [0.05, 0.1) is 11.3 Å². The lowest BCUT2D eigenvalue weighted by molar-refractivity contribution is -0.141. The Kier molecular flexibility index (Phi) is 4.74. The number of fused-ring (bicyclic) bond motifs is 3. The second kappa shape index (κ2) is 7.73. The van der Waals surface area contributed by atoms with Crippen molar-refractivity contribution in [1.29, 1.82) is 0 Å². The second-order valence-electron chi connectivity index (χ2n) is 7.57. The molecule has 8 nitrogen and oxygen atoms in total. The Labute approximate surface area is 182 Å². The summed E-state index contributed by atoms with van der Waals surface area (Å²) >= 11 is 0. The Morgan fingerprint density at radius 1 is 1.00 bits per heavy atom. The molecule has 0 radical (unpaired) electrons. The number of nitrogens with zero attached hydrogens (tertiary/aromatic N) is 5. The number of pyridine rings is 1. The molecule has 0 amide bonds. The molecule has 158 valence electrons. The fourth-order valence-corrected chi connectivity index (χ4v) is 4.00. The van der Waals surface area contributed by atoms with Crippen LogP contribution in [0.25, 0.3) is 27.8 Å². The van der Waals surface area contributed by atoms with Crippen molar-refractivity contribution in [3.05, 3.63) is 94.5 Å². The summed E-state index contributed by atoms with van der Waals surface area (Å²) in [5, 5.41) is 22.9. The minimum absolute atomic E-state index is 0.0708. The van der Waals surface area contributed by atoms with Crippen LogP contribution in [-0.4, -0.2) is 35.5 Å². The van der Waals surface area contributed by atoms with Crippen molar-refractivity contribution >= 4 is 22.6 Å². The van der Waals surface area contributed by atoms with Gasteiger partial charge in [-0.2, -0.15) is 5.10 Å². The van der Waals surface area contributed by atoms with E-state index in [9.17, 15) is 14.7 Å². The first-order chi connectivity index (χ1) is 15.5. The number of aliphatic carboxylic acids is 1. The number of carboxylic acid groups (broad SMARTS) is 1. The molecule has 0 bridgehead atoms. The zero-order valence-corrected chi connectivity index (χ0v) is 17.2. The maximum atomic E-state index is 13.2. The first-order valence-corrected chi connectivity index (χ1v) is 10.1. The molecule has 2 aromatic carbocycles. The number of hydrogen-bond donors (Lipinski definition) is 1. The van der Waals surface area contributed by atoms with Crippen LogP contribution in [0.2, 0.25) is 0 Å². The summed E-state index contributed by atoms with van der Waals surface area (Å²) in [7, 11) is 0. The van der Waals surface area contributed by atoms with E-state index >= 15 is 0 Å². The molecule has 0 aliphatic heterocycles. The molecule has 0 aliphatic carbocycles. The number of carboxylic acids is 1. The number of benzene rings is 2. The topological polar surface area (TPSA) is 102 Å². The van der Waals surface area contributed by atoms with Crippen molar-refractivity contribution in [3.63, 3.8) is 0 Å². The van der Waals surface area contributed by atoms with Crippen molar-refractivity contribution in [3.8, 4) is 11.1 Å². The molecule has 0 unspecified atom stereocenters. The molecule has 32 heavy (non-hydrogen) atoms. The van der Waals surface area contributed by atoms with E-state index in [1.807, 2.05) is 67.6 Å². The quantitative estimate of drug-likeness (QED) is 0.464. The van der Waals surface area contributed by atoms with Crippen molar-refractivity contribution < 1.29 is 9.90 Å². The van der Waals surface area contributed by atoms with Gasteiger partial charge in [-0.15, -0.1) is 10.2 Å². The molecule has 0 fully saturated rings. The summed E-state index contributed by atoms with van der Waals surface area (Å²) in [6.07, 6.45) is 1.67. The summed E-state index contributed by atoms with van der Waals surface area (Å²) in [6, 6.07) is 19.5. The molecule has 3 heterocycles. The molecule has 8 heteroatoms. The van der Waals surface area contributed by atoms with E-state index in [0.717, 1.165) is 22.4 Å². The Morgan fingerprint density at radius 3 is 2.38 bits per heavy atom. The summed E-state index contributed by atoms with van der Waals surface area (Å²) < 4.78 is 2.80. The molecule has 3 aromatic heterocycles. The van der Waals surface area contributed by atoms with Gasteiger partial charge in [-0.25, -0.2) is 9.31 Å². The van der Waals surface area contributed by atoms with E-state index in [-0.39, 0.29) is 11.9 Å². The van der Waals surface area contributed by atoms with Gasteiger partial charge in [0, 0.05) is 12.6 Å². The number of rotatable bonds is 5. The van der Waals surface area contributed by atoms with E-state index in [0.29, 0.717) is 11.2 Å². The Balaban J connectivity index is 1.67. The maximum Gasteiger partial charge on any atom is 0.327 e. The average molecular weight is 425 g/mol. The Hall–Kier alpha value is -4.33. The van der Waals surface area contributed by atoms with Crippen LogP contribution in [0.3, 0.4) is 0 Å². The average Bonchev–Trinajstić information content (AvgIpc) is 3.15. The lowest BCUT2D eigenvalue weighted by Crippen LogP contribution is -2.31. The van der Waals surface area contributed by atoms with Gasteiger partial charge in [0.1, 0.15) is 11.6 Å². The largest absolute Gasteiger partial charge is 0.480 e. The first-order valence-electron chi connectivity index (χ1n) is 10.1. The van der Waals surface area contributed by atoms with Gasteiger partial charge in [0.25, 0.3) is 5.56 Å². The fourth-order valence-electron chi connectivity index (χ4n) is 4.00. The first kappa shape index (κ1) is 19.6. The van der Waals surface area contributed by atoms with Gasteiger partial charge in [-0.1, -0.05) is 60.7 Å². The van der Waals surface area contributed by atoms with Gasteiger partial charge in [-0.05, 0) is 24.1 Å². The van der Waals surface area contributed by atoms with Gasteiger partial charge < -0.3 is 5.11 Å². The number of carbonyl (C=O) groups is 1. The second-order valence-corrected chi connectivity index (χ2v) is 7.57. The highest BCUT2D eigenvalue weighted by Gasteiger charge is 2.24. The molecule has 5 aromatic rings. The summed E-state index contributed by atoms with van der Waals surface area (Å²) in [5.41, 5.74) is 3.95. The molecule has 0 spiro atoms. The summed E-state index contributed by atoms with van der Waals surface area (Å²) in [6.45, 7) is 1.88. The lowest BCUT2D eigenvalue weighted by Gasteiger charge is -2.16. The molecular formula is C24H19N5O3. The predicted octanol–water partition coefficient (Wildman–Crippen LogP) is 3.28. The zero-order valence-electron chi connectivity index (χ0n) is 17.2. The molecule has 0 saturated heterocycles. The minimum Gasteiger partial charge on any atom is -0.480 e. The molecular weight excluding hydrogens is 406 g/mol. The van der Waals surface area contributed by atoms with Crippen molar-refractivity contribution in [2.75, 3.05) is 0 Å². The smallest absolute Gasteiger partial charge is 0.327 e. The van der Waals surface area contributed by atoms with Crippen LogP contribution in [0.15, 0.2) is 77.7 Å². The highest BCUT2D eigenvalue weighted by atomic mass is 16.4.